The van der Waals surface area contributed by atoms with Gasteiger partial charge in [-0.25, -0.2) is 4.98 Å². The fourth-order valence-electron chi connectivity index (χ4n) is 2.17. The fraction of sp³-hybridized carbons (Fsp3) is 0.133. The molecule has 0 unspecified atom stereocenters. The summed E-state index contributed by atoms with van der Waals surface area (Å²) in [4.78, 5) is 29.8. The zero-order chi connectivity index (χ0) is 13.4. The molecule has 0 spiro atoms. The highest BCUT2D eigenvalue weighted by Gasteiger charge is 2.36. The number of pyridine rings is 1. The lowest BCUT2D eigenvalue weighted by Crippen LogP contribution is -2.29. The van der Waals surface area contributed by atoms with Crippen molar-refractivity contribution < 1.29 is 9.59 Å². The average Bonchev–Trinajstić information content (AvgIpc) is 2.65. The standard InChI is InChI=1S/C15H12N2O2/c1-10-7-8-12-13(16-10)15(19)17(14(12)18)9-11-5-3-2-4-6-11/h2-8H,9H2,1H3. The summed E-state index contributed by atoms with van der Waals surface area (Å²) in [5.74, 6) is -0.580. The summed E-state index contributed by atoms with van der Waals surface area (Å²) in [7, 11) is 0. The zero-order valence-electron chi connectivity index (χ0n) is 10.5. The molecule has 0 fully saturated rings. The first-order valence-electron chi connectivity index (χ1n) is 6.04. The fourth-order valence-corrected chi connectivity index (χ4v) is 2.17. The summed E-state index contributed by atoms with van der Waals surface area (Å²) < 4.78 is 0. The molecule has 2 heterocycles. The first kappa shape index (κ1) is 11.6. The Hall–Kier alpha value is -2.49. The van der Waals surface area contributed by atoms with E-state index in [4.69, 9.17) is 0 Å². The monoisotopic (exact) mass is 252 g/mol. The maximum Gasteiger partial charge on any atom is 0.280 e. The third kappa shape index (κ3) is 1.91. The molecule has 0 N–H and O–H groups in total. The second kappa shape index (κ2) is 4.31. The van der Waals surface area contributed by atoms with Gasteiger partial charge in [-0.3, -0.25) is 14.5 Å². The molecule has 2 amide bonds. The highest BCUT2D eigenvalue weighted by Crippen LogP contribution is 2.23. The zero-order valence-corrected chi connectivity index (χ0v) is 10.5. The van der Waals surface area contributed by atoms with Crippen LogP contribution in [0.2, 0.25) is 0 Å². The van der Waals surface area contributed by atoms with E-state index >= 15 is 0 Å². The van der Waals surface area contributed by atoms with E-state index in [1.54, 1.807) is 19.1 Å². The van der Waals surface area contributed by atoms with Gasteiger partial charge in [-0.2, -0.15) is 0 Å². The molecule has 0 saturated carbocycles. The number of nitrogens with zero attached hydrogens (tertiary/aromatic N) is 2. The van der Waals surface area contributed by atoms with Gasteiger partial charge >= 0.3 is 0 Å². The van der Waals surface area contributed by atoms with Crippen LogP contribution in [0.1, 0.15) is 32.1 Å². The number of imide groups is 1. The summed E-state index contributed by atoms with van der Waals surface area (Å²) in [6, 6.07) is 12.9. The van der Waals surface area contributed by atoms with Crippen molar-refractivity contribution in [1.82, 2.24) is 9.88 Å². The smallest absolute Gasteiger partial charge is 0.268 e. The van der Waals surface area contributed by atoms with Crippen LogP contribution in [-0.2, 0) is 6.54 Å². The van der Waals surface area contributed by atoms with E-state index in [0.29, 0.717) is 5.56 Å². The van der Waals surface area contributed by atoms with Crippen LogP contribution in [0, 0.1) is 6.92 Å². The first-order valence-corrected chi connectivity index (χ1v) is 6.04. The van der Waals surface area contributed by atoms with Crippen molar-refractivity contribution in [3.05, 3.63) is 65.0 Å². The predicted molar refractivity (Wildman–Crippen MR) is 69.6 cm³/mol. The average molecular weight is 252 g/mol. The maximum absolute atomic E-state index is 12.2. The van der Waals surface area contributed by atoms with E-state index < -0.39 is 0 Å². The summed E-state index contributed by atoms with van der Waals surface area (Å²) in [6.45, 7) is 2.09. The van der Waals surface area contributed by atoms with Gasteiger partial charge in [0.2, 0.25) is 0 Å². The van der Waals surface area contributed by atoms with Crippen LogP contribution < -0.4 is 0 Å². The van der Waals surface area contributed by atoms with Crippen LogP contribution in [-0.4, -0.2) is 21.7 Å². The number of amides is 2. The molecular formula is C15H12N2O2. The van der Waals surface area contributed by atoms with Crippen LogP contribution in [0.4, 0.5) is 0 Å². The molecule has 19 heavy (non-hydrogen) atoms. The van der Waals surface area contributed by atoms with E-state index in [1.165, 1.54) is 4.90 Å². The van der Waals surface area contributed by atoms with Crippen molar-refractivity contribution in [1.29, 1.82) is 0 Å². The lowest BCUT2D eigenvalue weighted by atomic mass is 10.2. The molecule has 1 aliphatic rings. The Labute approximate surface area is 110 Å². The number of carbonyl (C=O) groups is 2. The molecule has 0 saturated heterocycles. The Kier molecular flexibility index (Phi) is 2.63. The van der Waals surface area contributed by atoms with Crippen LogP contribution in [0.25, 0.3) is 0 Å². The Balaban J connectivity index is 1.95. The molecule has 94 valence electrons. The summed E-state index contributed by atoms with van der Waals surface area (Å²) in [5.41, 5.74) is 2.32. The van der Waals surface area contributed by atoms with Gasteiger partial charge in [0.1, 0.15) is 5.69 Å². The second-order valence-electron chi connectivity index (χ2n) is 4.53. The van der Waals surface area contributed by atoms with Gasteiger partial charge in [-0.1, -0.05) is 30.3 Å². The van der Waals surface area contributed by atoms with Crippen LogP contribution in [0.5, 0.6) is 0 Å². The third-order valence-corrected chi connectivity index (χ3v) is 3.14. The lowest BCUT2D eigenvalue weighted by molar-refractivity contribution is 0.0640. The number of rotatable bonds is 2. The quantitative estimate of drug-likeness (QED) is 0.770. The predicted octanol–water partition coefficient (Wildman–Crippen LogP) is 2.19. The van der Waals surface area contributed by atoms with Gasteiger partial charge < -0.3 is 0 Å². The molecule has 0 bridgehead atoms. The summed E-state index contributed by atoms with van der Waals surface area (Å²) in [6.07, 6.45) is 0. The number of hydrogen-bond donors (Lipinski definition) is 0. The van der Waals surface area contributed by atoms with Gasteiger partial charge in [0.25, 0.3) is 11.8 Å². The molecule has 2 aromatic rings. The SMILES string of the molecule is Cc1ccc2c(n1)C(=O)N(Cc1ccccc1)C2=O. The number of aryl methyl sites for hydroxylation is 1. The molecule has 0 aliphatic carbocycles. The molecule has 1 aromatic carbocycles. The van der Waals surface area contributed by atoms with E-state index in [2.05, 4.69) is 4.98 Å². The lowest BCUT2D eigenvalue weighted by Gasteiger charge is -2.13. The molecule has 0 radical (unpaired) electrons. The first-order chi connectivity index (χ1) is 9.16. The minimum absolute atomic E-state index is 0.265. The van der Waals surface area contributed by atoms with Crippen molar-refractivity contribution in [3.8, 4) is 0 Å². The van der Waals surface area contributed by atoms with Gasteiger partial charge in [0.15, 0.2) is 0 Å². The number of carbonyl (C=O) groups excluding carboxylic acids is 2. The summed E-state index contributed by atoms with van der Waals surface area (Å²) >= 11 is 0. The van der Waals surface area contributed by atoms with Crippen molar-refractivity contribution in [2.75, 3.05) is 0 Å². The van der Waals surface area contributed by atoms with Crippen LogP contribution in [0.3, 0.4) is 0 Å². The molecular weight excluding hydrogens is 240 g/mol. The number of benzene rings is 1. The Morgan fingerprint density at radius 1 is 1.00 bits per heavy atom. The molecule has 0 atom stereocenters. The van der Waals surface area contributed by atoms with E-state index in [-0.39, 0.29) is 24.1 Å². The number of aromatic nitrogens is 1. The Bertz CT molecular complexity index is 665. The van der Waals surface area contributed by atoms with E-state index in [9.17, 15) is 9.59 Å². The third-order valence-electron chi connectivity index (χ3n) is 3.14. The Morgan fingerprint density at radius 2 is 1.74 bits per heavy atom. The minimum atomic E-state index is -0.312. The van der Waals surface area contributed by atoms with Crippen molar-refractivity contribution in [3.63, 3.8) is 0 Å². The topological polar surface area (TPSA) is 50.3 Å². The molecule has 3 rings (SSSR count). The number of fused-ring (bicyclic) bond motifs is 1. The highest BCUT2D eigenvalue weighted by atomic mass is 16.2. The van der Waals surface area contributed by atoms with E-state index in [1.807, 2.05) is 30.3 Å². The number of hydrogen-bond acceptors (Lipinski definition) is 3. The molecule has 1 aromatic heterocycles. The van der Waals surface area contributed by atoms with Gasteiger partial charge in [-0.15, -0.1) is 0 Å². The maximum atomic E-state index is 12.2. The second-order valence-corrected chi connectivity index (χ2v) is 4.53. The molecule has 1 aliphatic heterocycles. The van der Waals surface area contributed by atoms with Gasteiger partial charge in [-0.05, 0) is 24.6 Å². The Morgan fingerprint density at radius 3 is 2.47 bits per heavy atom. The van der Waals surface area contributed by atoms with Crippen molar-refractivity contribution in [2.24, 2.45) is 0 Å². The van der Waals surface area contributed by atoms with Crippen LogP contribution in [0.15, 0.2) is 42.5 Å². The van der Waals surface area contributed by atoms with Crippen LogP contribution >= 0.6 is 0 Å². The van der Waals surface area contributed by atoms with Crippen molar-refractivity contribution in [2.45, 2.75) is 13.5 Å². The van der Waals surface area contributed by atoms with Gasteiger partial charge in [0.05, 0.1) is 12.1 Å². The molecule has 4 heteroatoms. The van der Waals surface area contributed by atoms with Gasteiger partial charge in [0, 0.05) is 5.69 Å². The summed E-state index contributed by atoms with van der Waals surface area (Å²) in [5, 5.41) is 0. The largest absolute Gasteiger partial charge is 0.280 e. The van der Waals surface area contributed by atoms with Crippen molar-refractivity contribution >= 4 is 11.8 Å². The van der Waals surface area contributed by atoms with E-state index in [0.717, 1.165) is 11.3 Å². The molecule has 4 nitrogen and oxygen atoms in total. The minimum Gasteiger partial charge on any atom is -0.268 e. The highest BCUT2D eigenvalue weighted by molar-refractivity contribution is 6.20. The normalized spacial score (nSPS) is 13.8.